The van der Waals surface area contributed by atoms with Gasteiger partial charge in [0, 0.05) is 18.2 Å². The Morgan fingerprint density at radius 2 is 1.89 bits per heavy atom. The number of halogens is 1. The van der Waals surface area contributed by atoms with Crippen LogP contribution in [-0.2, 0) is 6.54 Å². The molecule has 0 atom stereocenters. The molecule has 104 valence electrons. The fourth-order valence-corrected chi connectivity index (χ4v) is 2.76. The number of carboxylic acids is 1. The van der Waals surface area contributed by atoms with Crippen LogP contribution in [0.15, 0.2) is 18.2 Å². The summed E-state index contributed by atoms with van der Waals surface area (Å²) in [4.78, 5) is 10.9. The first kappa shape index (κ1) is 14.0. The molecular weight excluding hydrogens is 245 g/mol. The predicted octanol–water partition coefficient (Wildman–Crippen LogP) is 3.05. The van der Waals surface area contributed by atoms with Crippen molar-refractivity contribution in [3.05, 3.63) is 35.1 Å². The molecule has 0 bridgehead atoms. The van der Waals surface area contributed by atoms with Crippen LogP contribution in [0, 0.1) is 16.6 Å². The van der Waals surface area contributed by atoms with Gasteiger partial charge in [0.1, 0.15) is 5.82 Å². The van der Waals surface area contributed by atoms with Crippen molar-refractivity contribution >= 4 is 5.97 Å². The first-order chi connectivity index (χ1) is 8.68. The van der Waals surface area contributed by atoms with Crippen molar-refractivity contribution in [2.75, 3.05) is 0 Å². The highest BCUT2D eigenvalue weighted by molar-refractivity contribution is 5.87. The van der Waals surface area contributed by atoms with Gasteiger partial charge in [0.2, 0.25) is 0 Å². The Balaban J connectivity index is 2.09. The van der Waals surface area contributed by atoms with Gasteiger partial charge in [-0.3, -0.25) is 0 Å². The second kappa shape index (κ2) is 4.30. The number of nitrogens with one attached hydrogen (secondary N) is 1. The average molecular weight is 265 g/mol. The topological polar surface area (TPSA) is 49.3 Å². The van der Waals surface area contributed by atoms with Crippen molar-refractivity contribution in [3.63, 3.8) is 0 Å². The van der Waals surface area contributed by atoms with Crippen molar-refractivity contribution in [1.82, 2.24) is 5.32 Å². The first-order valence-electron chi connectivity index (χ1n) is 6.43. The fourth-order valence-electron chi connectivity index (χ4n) is 2.76. The molecule has 1 fully saturated rings. The third-order valence-corrected chi connectivity index (χ3v) is 4.81. The van der Waals surface area contributed by atoms with Gasteiger partial charge in [-0.05, 0) is 29.0 Å². The van der Waals surface area contributed by atoms with E-state index in [0.717, 1.165) is 0 Å². The summed E-state index contributed by atoms with van der Waals surface area (Å²) in [6.07, 6.45) is 0. The summed E-state index contributed by atoms with van der Waals surface area (Å²) in [7, 11) is 0. The Hall–Kier alpha value is -1.42. The molecule has 0 spiro atoms. The summed E-state index contributed by atoms with van der Waals surface area (Å²) in [6.45, 7) is 9.05. The van der Waals surface area contributed by atoms with E-state index in [-0.39, 0.29) is 22.2 Å². The van der Waals surface area contributed by atoms with Crippen molar-refractivity contribution in [2.45, 2.75) is 40.3 Å². The van der Waals surface area contributed by atoms with Crippen LogP contribution < -0.4 is 5.32 Å². The lowest BCUT2D eigenvalue weighted by Crippen LogP contribution is -2.22. The van der Waals surface area contributed by atoms with Gasteiger partial charge >= 0.3 is 5.97 Å². The van der Waals surface area contributed by atoms with Gasteiger partial charge in [0.15, 0.2) is 0 Å². The predicted molar refractivity (Wildman–Crippen MR) is 71.5 cm³/mol. The molecule has 0 amide bonds. The highest BCUT2D eigenvalue weighted by Gasteiger charge is 2.64. The van der Waals surface area contributed by atoms with Crippen LogP contribution in [0.4, 0.5) is 4.39 Å². The van der Waals surface area contributed by atoms with E-state index in [4.69, 9.17) is 5.11 Å². The Morgan fingerprint density at radius 1 is 1.32 bits per heavy atom. The molecule has 1 aromatic rings. The molecule has 1 saturated carbocycles. The summed E-state index contributed by atoms with van der Waals surface area (Å²) in [5, 5.41) is 12.2. The quantitative estimate of drug-likeness (QED) is 0.879. The maximum atomic E-state index is 13.7. The molecule has 0 saturated heterocycles. The Morgan fingerprint density at radius 3 is 2.37 bits per heavy atom. The highest BCUT2D eigenvalue weighted by Crippen LogP contribution is 2.62. The lowest BCUT2D eigenvalue weighted by molar-refractivity contribution is 0.0696. The lowest BCUT2D eigenvalue weighted by atomic mass is 10.0. The van der Waals surface area contributed by atoms with Crippen molar-refractivity contribution in [2.24, 2.45) is 10.8 Å². The summed E-state index contributed by atoms with van der Waals surface area (Å²) in [6, 6.07) is 4.20. The van der Waals surface area contributed by atoms with Gasteiger partial charge in [0.25, 0.3) is 0 Å². The molecule has 2 rings (SSSR count). The SMILES string of the molecule is CC1(C)C(NCc2cc(C(=O)O)ccc2F)C1(C)C. The zero-order valence-electron chi connectivity index (χ0n) is 11.7. The molecule has 1 aliphatic rings. The van der Waals surface area contributed by atoms with Crippen LogP contribution in [0.1, 0.15) is 43.6 Å². The minimum absolute atomic E-state index is 0.118. The monoisotopic (exact) mass is 265 g/mol. The molecule has 1 aromatic carbocycles. The van der Waals surface area contributed by atoms with Gasteiger partial charge < -0.3 is 10.4 Å². The van der Waals surface area contributed by atoms with Gasteiger partial charge in [-0.15, -0.1) is 0 Å². The number of benzene rings is 1. The van der Waals surface area contributed by atoms with E-state index >= 15 is 0 Å². The van der Waals surface area contributed by atoms with E-state index in [9.17, 15) is 9.18 Å². The number of carbonyl (C=O) groups is 1. The lowest BCUT2D eigenvalue weighted by Gasteiger charge is -2.08. The van der Waals surface area contributed by atoms with Crippen LogP contribution in [0.2, 0.25) is 0 Å². The Bertz CT molecular complexity index is 509. The van der Waals surface area contributed by atoms with E-state index in [0.29, 0.717) is 18.2 Å². The van der Waals surface area contributed by atoms with Crippen molar-refractivity contribution in [3.8, 4) is 0 Å². The largest absolute Gasteiger partial charge is 0.478 e. The van der Waals surface area contributed by atoms with E-state index in [2.05, 4.69) is 33.0 Å². The molecule has 4 heteroatoms. The molecule has 0 heterocycles. The van der Waals surface area contributed by atoms with E-state index in [1.165, 1.54) is 18.2 Å². The van der Waals surface area contributed by atoms with Crippen molar-refractivity contribution < 1.29 is 14.3 Å². The van der Waals surface area contributed by atoms with Gasteiger partial charge in [-0.25, -0.2) is 9.18 Å². The minimum atomic E-state index is -1.03. The Kier molecular flexibility index (Phi) is 3.17. The summed E-state index contributed by atoms with van der Waals surface area (Å²) >= 11 is 0. The second-order valence-corrected chi connectivity index (χ2v) is 6.37. The number of rotatable bonds is 4. The van der Waals surface area contributed by atoms with Gasteiger partial charge in [-0.1, -0.05) is 27.7 Å². The number of carboxylic acid groups (broad SMARTS) is 1. The molecule has 3 nitrogen and oxygen atoms in total. The number of hydrogen-bond donors (Lipinski definition) is 2. The third-order valence-electron chi connectivity index (χ3n) is 4.81. The summed E-state index contributed by atoms with van der Waals surface area (Å²) in [5.74, 6) is -1.40. The zero-order valence-corrected chi connectivity index (χ0v) is 11.7. The average Bonchev–Trinajstić information content (AvgIpc) is 2.68. The zero-order chi connectivity index (χ0) is 14.4. The maximum Gasteiger partial charge on any atom is 0.335 e. The first-order valence-corrected chi connectivity index (χ1v) is 6.43. The molecule has 1 aliphatic carbocycles. The molecule has 2 N–H and O–H groups in total. The van der Waals surface area contributed by atoms with Crippen LogP contribution in [0.5, 0.6) is 0 Å². The van der Waals surface area contributed by atoms with Gasteiger partial charge in [0.05, 0.1) is 5.56 Å². The molecule has 0 radical (unpaired) electrons. The molecular formula is C15H20FNO2. The van der Waals surface area contributed by atoms with E-state index in [1.807, 2.05) is 0 Å². The number of hydrogen-bond acceptors (Lipinski definition) is 2. The van der Waals surface area contributed by atoms with Crippen molar-refractivity contribution in [1.29, 1.82) is 0 Å². The summed E-state index contributed by atoms with van der Waals surface area (Å²) in [5.41, 5.74) is 0.868. The standard InChI is InChI=1S/C15H20FNO2/c1-14(2)13(15(14,3)4)17-8-10-7-9(12(18)19)5-6-11(10)16/h5-7,13,17H,8H2,1-4H3,(H,18,19). The van der Waals surface area contributed by atoms with Gasteiger partial charge in [-0.2, -0.15) is 0 Å². The number of aromatic carboxylic acids is 1. The molecule has 0 aromatic heterocycles. The molecule has 0 unspecified atom stereocenters. The van der Waals surface area contributed by atoms with E-state index < -0.39 is 5.97 Å². The highest BCUT2D eigenvalue weighted by atomic mass is 19.1. The van der Waals surface area contributed by atoms with Crippen LogP contribution in [0.25, 0.3) is 0 Å². The smallest absolute Gasteiger partial charge is 0.335 e. The summed E-state index contributed by atoms with van der Waals surface area (Å²) < 4.78 is 13.7. The molecule has 0 aliphatic heterocycles. The minimum Gasteiger partial charge on any atom is -0.478 e. The maximum absolute atomic E-state index is 13.7. The third kappa shape index (κ3) is 2.25. The fraction of sp³-hybridized carbons (Fsp3) is 0.533. The van der Waals surface area contributed by atoms with Crippen LogP contribution >= 0.6 is 0 Å². The second-order valence-electron chi connectivity index (χ2n) is 6.37. The molecule has 19 heavy (non-hydrogen) atoms. The normalized spacial score (nSPS) is 20.3. The van der Waals surface area contributed by atoms with Crippen LogP contribution in [0.3, 0.4) is 0 Å². The van der Waals surface area contributed by atoms with E-state index in [1.54, 1.807) is 0 Å². The van der Waals surface area contributed by atoms with Crippen LogP contribution in [-0.4, -0.2) is 17.1 Å². The Labute approximate surface area is 112 Å².